The van der Waals surface area contributed by atoms with Crippen LogP contribution in [0.4, 0.5) is 5.69 Å². The van der Waals surface area contributed by atoms with Crippen molar-refractivity contribution in [3.05, 3.63) is 123 Å². The van der Waals surface area contributed by atoms with Crippen molar-refractivity contribution in [1.29, 1.82) is 0 Å². The molecule has 0 bridgehead atoms. The molecule has 4 aromatic rings. The van der Waals surface area contributed by atoms with Gasteiger partial charge in [-0.2, -0.15) is 0 Å². The third-order valence-corrected chi connectivity index (χ3v) is 11.4. The fourth-order valence-electron chi connectivity index (χ4n) is 6.28. The zero-order chi connectivity index (χ0) is 35.8. The van der Waals surface area contributed by atoms with E-state index in [9.17, 15) is 18.0 Å². The van der Waals surface area contributed by atoms with Gasteiger partial charge in [0.1, 0.15) is 18.3 Å². The molecule has 1 saturated carbocycles. The van der Waals surface area contributed by atoms with Crippen LogP contribution >= 0.6 is 23.2 Å². The fraction of sp³-hybridized carbons (Fsp3) is 0.333. The average molecular weight is 737 g/mol. The van der Waals surface area contributed by atoms with Crippen molar-refractivity contribution in [3.8, 4) is 5.75 Å². The van der Waals surface area contributed by atoms with Gasteiger partial charge in [-0.25, -0.2) is 8.42 Å². The number of anilines is 1. The van der Waals surface area contributed by atoms with Crippen molar-refractivity contribution in [1.82, 2.24) is 10.2 Å². The van der Waals surface area contributed by atoms with Gasteiger partial charge in [-0.1, -0.05) is 103 Å². The highest BCUT2D eigenvalue weighted by atomic mass is 35.5. The molecule has 1 unspecified atom stereocenters. The van der Waals surface area contributed by atoms with Crippen molar-refractivity contribution < 1.29 is 22.7 Å². The van der Waals surface area contributed by atoms with Gasteiger partial charge in [-0.3, -0.25) is 13.9 Å². The first kappa shape index (κ1) is 37.2. The minimum absolute atomic E-state index is 0.0134. The molecule has 0 heterocycles. The summed E-state index contributed by atoms with van der Waals surface area (Å²) < 4.78 is 35.6. The predicted molar refractivity (Wildman–Crippen MR) is 199 cm³/mol. The number of carbonyl (C=O) groups is 2. The highest BCUT2D eigenvalue weighted by Crippen LogP contribution is 2.34. The maximum absolute atomic E-state index is 14.9. The van der Waals surface area contributed by atoms with Gasteiger partial charge in [-0.05, 0) is 79.8 Å². The summed E-state index contributed by atoms with van der Waals surface area (Å²) >= 11 is 12.9. The molecule has 0 radical (unpaired) electrons. The standard InChI is InChI=1S/C39H43Cl2N3O5S/c1-27-14-19-33(20-15-27)50(47,48)44(35-22-28(2)16-21-37(35)49-3)26-38(45)43(25-30-17-18-31(40)24-34(30)41)36(23-29-10-6-4-7-11-29)39(46)42-32-12-8-5-9-13-32/h4,6-7,10-11,14-22,24,32,36H,5,8-9,12-13,23,25-26H2,1-3H3,(H,42,46). The second-order valence-electron chi connectivity index (χ2n) is 12.8. The Balaban J connectivity index is 1.62. The van der Waals surface area contributed by atoms with Gasteiger partial charge in [0.05, 0.1) is 17.7 Å². The van der Waals surface area contributed by atoms with Crippen LogP contribution in [0.2, 0.25) is 10.0 Å². The van der Waals surface area contributed by atoms with Gasteiger partial charge in [-0.15, -0.1) is 0 Å². The third-order valence-electron chi connectivity index (χ3n) is 9.07. The molecule has 1 aliphatic carbocycles. The van der Waals surface area contributed by atoms with Gasteiger partial charge < -0.3 is 15.0 Å². The van der Waals surface area contributed by atoms with Gasteiger partial charge in [0.25, 0.3) is 10.0 Å². The van der Waals surface area contributed by atoms with Crippen LogP contribution in [0.25, 0.3) is 0 Å². The van der Waals surface area contributed by atoms with Gasteiger partial charge >= 0.3 is 0 Å². The largest absolute Gasteiger partial charge is 0.495 e. The van der Waals surface area contributed by atoms with Gasteiger partial charge in [0.2, 0.25) is 11.8 Å². The fourth-order valence-corrected chi connectivity index (χ4v) is 8.16. The van der Waals surface area contributed by atoms with Gasteiger partial charge in [0, 0.05) is 29.1 Å². The molecule has 5 rings (SSSR count). The predicted octanol–water partition coefficient (Wildman–Crippen LogP) is 7.90. The number of benzene rings is 4. The van der Waals surface area contributed by atoms with E-state index in [1.165, 1.54) is 24.1 Å². The first-order valence-electron chi connectivity index (χ1n) is 16.8. The molecule has 1 fully saturated rings. The number of methoxy groups -OCH3 is 1. The lowest BCUT2D eigenvalue weighted by Gasteiger charge is -2.35. The van der Waals surface area contributed by atoms with Crippen molar-refractivity contribution in [2.75, 3.05) is 18.0 Å². The summed E-state index contributed by atoms with van der Waals surface area (Å²) in [6.45, 7) is 3.03. The SMILES string of the molecule is COc1ccc(C)cc1N(CC(=O)N(Cc1ccc(Cl)cc1Cl)C(Cc1ccccc1)C(=O)NC1CCCCC1)S(=O)(=O)c1ccc(C)cc1. The maximum Gasteiger partial charge on any atom is 0.264 e. The second-order valence-corrected chi connectivity index (χ2v) is 15.5. The van der Waals surface area contributed by atoms with E-state index in [4.69, 9.17) is 27.9 Å². The van der Waals surface area contributed by atoms with Crippen LogP contribution in [-0.4, -0.2) is 50.9 Å². The second kappa shape index (κ2) is 16.8. The number of sulfonamides is 1. The summed E-state index contributed by atoms with van der Waals surface area (Å²) in [6, 6.07) is 25.1. The van der Waals surface area contributed by atoms with Crippen molar-refractivity contribution in [2.45, 2.75) is 75.9 Å². The number of nitrogens with one attached hydrogen (secondary N) is 1. The summed E-state index contributed by atoms with van der Waals surface area (Å²) in [7, 11) is -2.85. The van der Waals surface area contributed by atoms with Crippen LogP contribution in [0.3, 0.4) is 0 Å². The van der Waals surface area contributed by atoms with E-state index in [2.05, 4.69) is 5.32 Å². The normalized spacial score (nSPS) is 14.1. The lowest BCUT2D eigenvalue weighted by molar-refractivity contribution is -0.140. The molecular formula is C39H43Cl2N3O5S. The first-order chi connectivity index (χ1) is 24.0. The average Bonchev–Trinajstić information content (AvgIpc) is 3.10. The zero-order valence-corrected chi connectivity index (χ0v) is 30.9. The molecule has 2 amide bonds. The number of hydrogen-bond acceptors (Lipinski definition) is 5. The summed E-state index contributed by atoms with van der Waals surface area (Å²) in [5, 5.41) is 3.97. The summed E-state index contributed by atoms with van der Waals surface area (Å²) in [5.74, 6) is -0.613. The highest BCUT2D eigenvalue weighted by Gasteiger charge is 2.36. The van der Waals surface area contributed by atoms with Gasteiger partial charge in [0.15, 0.2) is 0 Å². The Labute approximate surface area is 305 Å². The molecule has 4 aromatic carbocycles. The number of rotatable bonds is 13. The third kappa shape index (κ3) is 9.19. The zero-order valence-electron chi connectivity index (χ0n) is 28.6. The molecule has 0 aliphatic heterocycles. The van der Waals surface area contributed by atoms with Crippen LogP contribution in [0.1, 0.15) is 54.4 Å². The summed E-state index contributed by atoms with van der Waals surface area (Å²) in [5.41, 5.74) is 3.28. The summed E-state index contributed by atoms with van der Waals surface area (Å²) in [6.07, 6.45) is 5.07. The van der Waals surface area contributed by atoms with Crippen LogP contribution in [0.15, 0.2) is 95.9 Å². The lowest BCUT2D eigenvalue weighted by atomic mass is 9.94. The van der Waals surface area contributed by atoms with Crippen LogP contribution in [0.5, 0.6) is 5.75 Å². The Morgan fingerprint density at radius 1 is 0.880 bits per heavy atom. The van der Waals surface area contributed by atoms with Crippen molar-refractivity contribution in [3.63, 3.8) is 0 Å². The molecule has 11 heteroatoms. The van der Waals surface area contributed by atoms with Crippen molar-refractivity contribution in [2.24, 2.45) is 0 Å². The topological polar surface area (TPSA) is 96.0 Å². The number of aryl methyl sites for hydroxylation is 2. The smallest absolute Gasteiger partial charge is 0.264 e. The molecule has 0 aromatic heterocycles. The van der Waals surface area contributed by atoms with E-state index in [0.717, 1.165) is 53.1 Å². The van der Waals surface area contributed by atoms with E-state index in [1.54, 1.807) is 48.5 Å². The highest BCUT2D eigenvalue weighted by molar-refractivity contribution is 7.92. The lowest BCUT2D eigenvalue weighted by Crippen LogP contribution is -2.55. The number of halogens is 2. The van der Waals surface area contributed by atoms with E-state index in [0.29, 0.717) is 15.6 Å². The molecule has 264 valence electrons. The Bertz CT molecular complexity index is 1900. The molecule has 0 saturated heterocycles. The maximum atomic E-state index is 14.9. The quantitative estimate of drug-likeness (QED) is 0.151. The van der Waals surface area contributed by atoms with E-state index in [1.807, 2.05) is 44.2 Å². The molecule has 1 aliphatic rings. The Morgan fingerprint density at radius 3 is 2.22 bits per heavy atom. The van der Waals surface area contributed by atoms with E-state index < -0.39 is 28.5 Å². The van der Waals surface area contributed by atoms with Crippen LogP contribution in [0, 0.1) is 13.8 Å². The minimum Gasteiger partial charge on any atom is -0.495 e. The molecule has 1 N–H and O–H groups in total. The minimum atomic E-state index is -4.30. The van der Waals surface area contributed by atoms with E-state index >= 15 is 0 Å². The first-order valence-corrected chi connectivity index (χ1v) is 19.0. The van der Waals surface area contributed by atoms with Crippen LogP contribution < -0.4 is 14.4 Å². The number of hydrogen-bond donors (Lipinski definition) is 1. The molecule has 1 atom stereocenters. The number of nitrogens with zero attached hydrogens (tertiary/aromatic N) is 2. The van der Waals surface area contributed by atoms with Crippen LogP contribution in [-0.2, 0) is 32.6 Å². The molecular weight excluding hydrogens is 693 g/mol. The van der Waals surface area contributed by atoms with E-state index in [-0.39, 0.29) is 41.2 Å². The Kier molecular flexibility index (Phi) is 12.5. The summed E-state index contributed by atoms with van der Waals surface area (Å²) in [4.78, 5) is 30.7. The number of amides is 2. The number of ether oxygens (including phenoxy) is 1. The Hall–Kier alpha value is -4.05. The molecule has 8 nitrogen and oxygen atoms in total. The monoisotopic (exact) mass is 735 g/mol. The Morgan fingerprint density at radius 2 is 1.56 bits per heavy atom. The van der Waals surface area contributed by atoms with Crippen molar-refractivity contribution >= 4 is 50.7 Å². The number of carbonyl (C=O) groups excluding carboxylic acids is 2. The molecule has 0 spiro atoms. The molecule has 50 heavy (non-hydrogen) atoms.